The van der Waals surface area contributed by atoms with Gasteiger partial charge in [0.2, 0.25) is 0 Å². The lowest BCUT2D eigenvalue weighted by molar-refractivity contribution is 0.197. The minimum Gasteiger partial charge on any atom is -0.373 e. The molecule has 1 heteroatoms. The van der Waals surface area contributed by atoms with Gasteiger partial charge in [-0.05, 0) is 43.4 Å². The van der Waals surface area contributed by atoms with E-state index in [-0.39, 0.29) is 0 Å². The third-order valence-electron chi connectivity index (χ3n) is 3.27. The largest absolute Gasteiger partial charge is 0.373 e. The summed E-state index contributed by atoms with van der Waals surface area (Å²) in [4.78, 5) is 0. The second-order valence-corrected chi connectivity index (χ2v) is 4.97. The first-order valence-corrected chi connectivity index (χ1v) is 5.35. The average Bonchev–Trinajstić information content (AvgIpc) is 2.68. The Morgan fingerprint density at radius 1 is 1.08 bits per heavy atom. The summed E-state index contributed by atoms with van der Waals surface area (Å²) in [5.41, 5.74) is 0. The first kappa shape index (κ1) is 8.55. The molecule has 2 fully saturated rings. The maximum absolute atomic E-state index is 5.28. The second-order valence-electron chi connectivity index (χ2n) is 4.97. The predicted molar refractivity (Wildman–Crippen MR) is 50.0 cm³/mol. The topological polar surface area (TPSA) is 12.5 Å². The maximum Gasteiger partial charge on any atom is 0.0812 e. The standard InChI is InChI=1S/C11H20O/c1-8-3-9(2)5-10(4-8)6-11-7-12-11/h8-11H,3-7H2,1-2H3. The van der Waals surface area contributed by atoms with Gasteiger partial charge >= 0.3 is 0 Å². The fourth-order valence-electron chi connectivity index (χ4n) is 2.88. The van der Waals surface area contributed by atoms with E-state index < -0.39 is 0 Å². The van der Waals surface area contributed by atoms with E-state index in [4.69, 9.17) is 4.74 Å². The molecule has 0 aromatic carbocycles. The summed E-state index contributed by atoms with van der Waals surface area (Å²) in [5.74, 6) is 2.88. The lowest BCUT2D eigenvalue weighted by Crippen LogP contribution is -2.20. The zero-order chi connectivity index (χ0) is 8.55. The molecule has 0 bridgehead atoms. The quantitative estimate of drug-likeness (QED) is 0.578. The Hall–Kier alpha value is -0.0400. The second kappa shape index (κ2) is 3.37. The first-order valence-electron chi connectivity index (χ1n) is 5.35. The van der Waals surface area contributed by atoms with Crippen LogP contribution in [0.1, 0.15) is 39.5 Å². The highest BCUT2D eigenvalue weighted by molar-refractivity contribution is 4.80. The van der Waals surface area contributed by atoms with Crippen LogP contribution in [0.15, 0.2) is 0 Å². The number of hydrogen-bond acceptors (Lipinski definition) is 1. The summed E-state index contributed by atoms with van der Waals surface area (Å²) in [5, 5.41) is 0. The summed E-state index contributed by atoms with van der Waals surface area (Å²) in [6.45, 7) is 5.84. The molecule has 3 unspecified atom stereocenters. The molecular formula is C11H20O. The van der Waals surface area contributed by atoms with E-state index in [9.17, 15) is 0 Å². The maximum atomic E-state index is 5.28. The van der Waals surface area contributed by atoms with E-state index in [0.29, 0.717) is 6.10 Å². The number of rotatable bonds is 2. The van der Waals surface area contributed by atoms with Crippen LogP contribution in [-0.4, -0.2) is 12.7 Å². The molecule has 0 aromatic rings. The van der Waals surface area contributed by atoms with Crippen molar-refractivity contribution in [2.45, 2.75) is 45.6 Å². The van der Waals surface area contributed by atoms with Crippen LogP contribution >= 0.6 is 0 Å². The monoisotopic (exact) mass is 168 g/mol. The summed E-state index contributed by atoms with van der Waals surface area (Å²) in [6, 6.07) is 0. The summed E-state index contributed by atoms with van der Waals surface area (Å²) in [6.07, 6.45) is 6.33. The highest BCUT2D eigenvalue weighted by Crippen LogP contribution is 2.37. The Morgan fingerprint density at radius 2 is 1.67 bits per heavy atom. The van der Waals surface area contributed by atoms with Crippen LogP contribution in [0.2, 0.25) is 0 Å². The van der Waals surface area contributed by atoms with E-state index in [1.54, 1.807) is 0 Å². The average molecular weight is 168 g/mol. The zero-order valence-electron chi connectivity index (χ0n) is 8.25. The van der Waals surface area contributed by atoms with E-state index >= 15 is 0 Å². The smallest absolute Gasteiger partial charge is 0.0812 e. The van der Waals surface area contributed by atoms with Gasteiger partial charge in [0.15, 0.2) is 0 Å². The van der Waals surface area contributed by atoms with Crippen molar-refractivity contribution in [1.82, 2.24) is 0 Å². The van der Waals surface area contributed by atoms with Gasteiger partial charge in [-0.3, -0.25) is 0 Å². The molecular weight excluding hydrogens is 148 g/mol. The molecule has 0 amide bonds. The minimum absolute atomic E-state index is 0.646. The molecule has 0 aromatic heterocycles. The Labute approximate surface area is 75.5 Å². The summed E-state index contributed by atoms with van der Waals surface area (Å²) < 4.78 is 5.28. The van der Waals surface area contributed by atoms with Crippen LogP contribution in [0.3, 0.4) is 0 Å². The molecule has 12 heavy (non-hydrogen) atoms. The Morgan fingerprint density at radius 3 is 2.17 bits per heavy atom. The van der Waals surface area contributed by atoms with E-state index in [1.165, 1.54) is 25.7 Å². The molecule has 2 rings (SSSR count). The van der Waals surface area contributed by atoms with Crippen LogP contribution in [-0.2, 0) is 4.74 Å². The SMILES string of the molecule is CC1CC(C)CC(CC2CO2)C1. The van der Waals surface area contributed by atoms with Gasteiger partial charge in [0, 0.05) is 0 Å². The fraction of sp³-hybridized carbons (Fsp3) is 1.00. The van der Waals surface area contributed by atoms with E-state index in [2.05, 4.69) is 13.8 Å². The highest BCUT2D eigenvalue weighted by atomic mass is 16.6. The van der Waals surface area contributed by atoms with Crippen molar-refractivity contribution >= 4 is 0 Å². The van der Waals surface area contributed by atoms with Crippen LogP contribution in [0.25, 0.3) is 0 Å². The third-order valence-corrected chi connectivity index (χ3v) is 3.27. The Kier molecular flexibility index (Phi) is 2.40. The third kappa shape index (κ3) is 2.22. The molecule has 1 saturated heterocycles. The van der Waals surface area contributed by atoms with Gasteiger partial charge in [0.05, 0.1) is 12.7 Å². The van der Waals surface area contributed by atoms with Gasteiger partial charge in [-0.1, -0.05) is 13.8 Å². The lowest BCUT2D eigenvalue weighted by atomic mass is 9.75. The van der Waals surface area contributed by atoms with Crippen molar-refractivity contribution in [3.8, 4) is 0 Å². The van der Waals surface area contributed by atoms with Crippen LogP contribution in [0.5, 0.6) is 0 Å². The minimum atomic E-state index is 0.646. The normalized spacial score (nSPS) is 47.5. The van der Waals surface area contributed by atoms with Crippen LogP contribution in [0.4, 0.5) is 0 Å². The Balaban J connectivity index is 1.79. The van der Waals surface area contributed by atoms with Gasteiger partial charge in [-0.2, -0.15) is 0 Å². The molecule has 1 aliphatic carbocycles. The lowest BCUT2D eigenvalue weighted by Gasteiger charge is -2.31. The number of hydrogen-bond donors (Lipinski definition) is 0. The molecule has 1 heterocycles. The van der Waals surface area contributed by atoms with Crippen molar-refractivity contribution in [2.75, 3.05) is 6.61 Å². The molecule has 1 aliphatic heterocycles. The van der Waals surface area contributed by atoms with E-state index in [1.807, 2.05) is 0 Å². The van der Waals surface area contributed by atoms with Crippen molar-refractivity contribution in [3.63, 3.8) is 0 Å². The van der Waals surface area contributed by atoms with Gasteiger partial charge in [0.25, 0.3) is 0 Å². The van der Waals surface area contributed by atoms with Gasteiger partial charge < -0.3 is 4.74 Å². The van der Waals surface area contributed by atoms with E-state index in [0.717, 1.165) is 24.4 Å². The predicted octanol–water partition coefficient (Wildman–Crippen LogP) is 2.85. The Bertz CT molecular complexity index is 138. The van der Waals surface area contributed by atoms with Crippen LogP contribution in [0, 0.1) is 17.8 Å². The highest BCUT2D eigenvalue weighted by Gasteiger charge is 2.30. The molecule has 1 nitrogen and oxygen atoms in total. The van der Waals surface area contributed by atoms with Gasteiger partial charge in [0.1, 0.15) is 0 Å². The van der Waals surface area contributed by atoms with Crippen LogP contribution < -0.4 is 0 Å². The molecule has 3 atom stereocenters. The van der Waals surface area contributed by atoms with Gasteiger partial charge in [-0.15, -0.1) is 0 Å². The van der Waals surface area contributed by atoms with Crippen molar-refractivity contribution < 1.29 is 4.74 Å². The summed E-state index contributed by atoms with van der Waals surface area (Å²) in [7, 11) is 0. The zero-order valence-corrected chi connectivity index (χ0v) is 8.25. The van der Waals surface area contributed by atoms with Gasteiger partial charge in [-0.25, -0.2) is 0 Å². The van der Waals surface area contributed by atoms with Crippen molar-refractivity contribution in [2.24, 2.45) is 17.8 Å². The molecule has 1 saturated carbocycles. The summed E-state index contributed by atoms with van der Waals surface area (Å²) >= 11 is 0. The molecule has 2 aliphatic rings. The molecule has 0 N–H and O–H groups in total. The molecule has 0 radical (unpaired) electrons. The van der Waals surface area contributed by atoms with Crippen molar-refractivity contribution in [3.05, 3.63) is 0 Å². The molecule has 70 valence electrons. The molecule has 0 spiro atoms. The first-order chi connectivity index (χ1) is 5.74. The number of ether oxygens (including phenoxy) is 1. The number of epoxide rings is 1. The fourth-order valence-corrected chi connectivity index (χ4v) is 2.88. The van der Waals surface area contributed by atoms with Crippen molar-refractivity contribution in [1.29, 1.82) is 0 Å².